The van der Waals surface area contributed by atoms with E-state index in [1.54, 1.807) is 0 Å². The molecule has 6 N–H and O–H groups in total. The Morgan fingerprint density at radius 1 is 0.643 bits per heavy atom. The summed E-state index contributed by atoms with van der Waals surface area (Å²) < 4.78 is 0. The van der Waals surface area contributed by atoms with Gasteiger partial charge >= 0.3 is 0 Å². The molecule has 0 aliphatic carbocycles. The monoisotopic (exact) mass is 580 g/mol. The van der Waals surface area contributed by atoms with Crippen LogP contribution in [0.4, 0.5) is 0 Å². The molecular weight excluding hydrogens is 520 g/mol. The summed E-state index contributed by atoms with van der Waals surface area (Å²) in [7, 11) is 0. The van der Waals surface area contributed by atoms with Crippen LogP contribution >= 0.6 is 0 Å². The summed E-state index contributed by atoms with van der Waals surface area (Å²) in [6.45, 7) is 27.2. The summed E-state index contributed by atoms with van der Waals surface area (Å²) in [5.74, 6) is 0.0356. The average Bonchev–Trinajstić information content (AvgIpc) is 2.80. The molecule has 0 atom stereocenters. The molecule has 2 rings (SSSR count). The van der Waals surface area contributed by atoms with Crippen molar-refractivity contribution < 1.29 is 15.0 Å². The van der Waals surface area contributed by atoms with Gasteiger partial charge in [-0.3, -0.25) is 4.79 Å². The molecule has 0 fully saturated rings. The molecule has 0 radical (unpaired) electrons. The van der Waals surface area contributed by atoms with Gasteiger partial charge in [0.15, 0.2) is 5.78 Å². The van der Waals surface area contributed by atoms with Gasteiger partial charge in [0.2, 0.25) is 0 Å². The number of ketones is 1. The van der Waals surface area contributed by atoms with E-state index in [0.29, 0.717) is 17.9 Å². The van der Waals surface area contributed by atoms with Crippen LogP contribution in [0.15, 0.2) is 24.3 Å². The van der Waals surface area contributed by atoms with Crippen LogP contribution in [0.5, 0.6) is 11.5 Å². The minimum absolute atomic E-state index is 0.120. The first-order chi connectivity index (χ1) is 18.8. The quantitative estimate of drug-likeness (QED) is 0.175. The topological polar surface area (TPSA) is 110 Å². The molecule has 5 nitrogen and oxygen atoms in total. The second-order valence-electron chi connectivity index (χ2n) is 16.6. The zero-order valence-electron chi connectivity index (χ0n) is 28.9. The second-order valence-corrected chi connectivity index (χ2v) is 16.6. The molecule has 0 heterocycles. The van der Waals surface area contributed by atoms with Crippen molar-refractivity contribution in [1.82, 2.24) is 0 Å². The fraction of sp³-hybridized carbons (Fsp3) is 0.649. The van der Waals surface area contributed by atoms with Crippen molar-refractivity contribution in [1.29, 1.82) is 0 Å². The van der Waals surface area contributed by atoms with Crippen molar-refractivity contribution in [2.45, 2.75) is 155 Å². The minimum atomic E-state index is -1.43. The lowest BCUT2D eigenvalue weighted by Crippen LogP contribution is -2.56. The van der Waals surface area contributed by atoms with Gasteiger partial charge in [0.05, 0.1) is 0 Å². The van der Waals surface area contributed by atoms with E-state index >= 15 is 0 Å². The highest BCUT2D eigenvalue weighted by Gasteiger charge is 2.35. The summed E-state index contributed by atoms with van der Waals surface area (Å²) in [6.07, 6.45) is 3.33. The average molecular weight is 581 g/mol. The zero-order chi connectivity index (χ0) is 32.6. The molecule has 2 aromatic carbocycles. The minimum Gasteiger partial charge on any atom is -0.507 e. The highest BCUT2D eigenvalue weighted by molar-refractivity contribution is 5.88. The van der Waals surface area contributed by atoms with Crippen molar-refractivity contribution in [3.63, 3.8) is 0 Å². The molecule has 0 saturated heterocycles. The van der Waals surface area contributed by atoms with Crippen molar-refractivity contribution >= 4 is 5.78 Å². The molecule has 0 bridgehead atoms. The van der Waals surface area contributed by atoms with Gasteiger partial charge in [-0.05, 0) is 67.9 Å². The maximum Gasteiger partial charge on any atom is 0.167 e. The van der Waals surface area contributed by atoms with Crippen LogP contribution in [0.1, 0.15) is 161 Å². The van der Waals surface area contributed by atoms with E-state index in [0.717, 1.165) is 52.6 Å². The summed E-state index contributed by atoms with van der Waals surface area (Å²) in [4.78, 5) is 13.9. The van der Waals surface area contributed by atoms with Crippen molar-refractivity contribution in [2.24, 2.45) is 11.5 Å². The maximum absolute atomic E-state index is 13.9. The van der Waals surface area contributed by atoms with Crippen LogP contribution in [-0.4, -0.2) is 21.7 Å². The molecule has 42 heavy (non-hydrogen) atoms. The highest BCUT2D eigenvalue weighted by Crippen LogP contribution is 2.46. The number of unbranched alkanes of at least 4 members (excludes halogenated alkanes) is 2. The lowest BCUT2D eigenvalue weighted by Gasteiger charge is -2.33. The smallest absolute Gasteiger partial charge is 0.167 e. The first kappa shape index (κ1) is 35.8. The summed E-state index contributed by atoms with van der Waals surface area (Å²) in [5, 5.41) is 22.9. The van der Waals surface area contributed by atoms with E-state index in [-0.39, 0.29) is 39.8 Å². The van der Waals surface area contributed by atoms with E-state index in [2.05, 4.69) is 114 Å². The van der Waals surface area contributed by atoms with Crippen LogP contribution in [0.3, 0.4) is 0 Å². The molecule has 2 aromatic rings. The van der Waals surface area contributed by atoms with Crippen LogP contribution in [-0.2, 0) is 26.5 Å². The Morgan fingerprint density at radius 2 is 0.952 bits per heavy atom. The van der Waals surface area contributed by atoms with E-state index in [1.165, 1.54) is 0 Å². The fourth-order valence-corrected chi connectivity index (χ4v) is 5.61. The number of carbonyl (C=O) groups is 1. The largest absolute Gasteiger partial charge is 0.507 e. The standard InChI is InChI=1S/C37H60N2O3/c1-14-15-16-17-37(38,39)30(40)22-25(23-18-26(33(2,3)4)31(41)27(19-23)34(5,6)7)24-20-28(35(8,9)10)32(42)29(21-24)36(11,12)13/h18-21,25,41-42H,14-17,22,38-39H2,1-13H3. The van der Waals surface area contributed by atoms with Gasteiger partial charge in [0.25, 0.3) is 0 Å². The van der Waals surface area contributed by atoms with Gasteiger partial charge < -0.3 is 21.7 Å². The first-order valence-electron chi connectivity index (χ1n) is 15.7. The third-order valence-corrected chi connectivity index (χ3v) is 8.40. The lowest BCUT2D eigenvalue weighted by molar-refractivity contribution is -0.124. The first-order valence-corrected chi connectivity index (χ1v) is 15.7. The van der Waals surface area contributed by atoms with Crippen molar-refractivity contribution in [3.8, 4) is 11.5 Å². The zero-order valence-corrected chi connectivity index (χ0v) is 28.9. The Bertz CT molecular complexity index is 1110. The van der Waals surface area contributed by atoms with Gasteiger partial charge in [-0.25, -0.2) is 0 Å². The Morgan fingerprint density at radius 3 is 1.21 bits per heavy atom. The number of carbonyl (C=O) groups excluding carboxylic acids is 1. The highest BCUT2D eigenvalue weighted by atomic mass is 16.3. The molecule has 0 aliphatic heterocycles. The lowest BCUT2D eigenvalue weighted by atomic mass is 9.73. The predicted octanol–water partition coefficient (Wildman–Crippen LogP) is 8.57. The number of nitrogens with two attached hydrogens (primary N) is 2. The summed E-state index contributed by atoms with van der Waals surface area (Å²) in [6, 6.07) is 8.20. The van der Waals surface area contributed by atoms with Crippen molar-refractivity contribution in [3.05, 3.63) is 57.6 Å². The normalized spacial score (nSPS) is 13.6. The number of benzene rings is 2. The van der Waals surface area contributed by atoms with Gasteiger partial charge in [0, 0.05) is 12.3 Å². The van der Waals surface area contributed by atoms with Gasteiger partial charge in [-0.1, -0.05) is 127 Å². The predicted molar refractivity (Wildman–Crippen MR) is 178 cm³/mol. The molecular formula is C37H60N2O3. The van der Waals surface area contributed by atoms with Gasteiger partial charge in [0.1, 0.15) is 17.2 Å². The maximum atomic E-state index is 13.9. The summed E-state index contributed by atoms with van der Waals surface area (Å²) >= 11 is 0. The molecule has 0 aliphatic rings. The van der Waals surface area contributed by atoms with E-state index in [9.17, 15) is 15.0 Å². The molecule has 0 aromatic heterocycles. The number of phenols is 2. The number of phenolic OH excluding ortho intramolecular Hbond substituents is 2. The second kappa shape index (κ2) is 12.3. The third kappa shape index (κ3) is 8.38. The van der Waals surface area contributed by atoms with Gasteiger partial charge in [-0.15, -0.1) is 0 Å². The molecule has 236 valence electrons. The number of aromatic hydroxyl groups is 2. The molecule has 0 saturated carbocycles. The molecule has 0 unspecified atom stereocenters. The number of hydrogen-bond donors (Lipinski definition) is 4. The number of Topliss-reactive ketones (excluding diaryl/α,β-unsaturated/α-hetero) is 1. The Kier molecular flexibility index (Phi) is 10.5. The van der Waals surface area contributed by atoms with E-state index in [4.69, 9.17) is 11.5 Å². The van der Waals surface area contributed by atoms with Gasteiger partial charge in [-0.2, -0.15) is 0 Å². The van der Waals surface area contributed by atoms with E-state index in [1.807, 2.05) is 0 Å². The van der Waals surface area contributed by atoms with Crippen LogP contribution in [0.25, 0.3) is 0 Å². The number of hydrogen-bond acceptors (Lipinski definition) is 5. The van der Waals surface area contributed by atoms with Crippen LogP contribution in [0.2, 0.25) is 0 Å². The fourth-order valence-electron chi connectivity index (χ4n) is 5.61. The molecule has 0 spiro atoms. The molecule has 0 amide bonds. The Labute approximate surface area is 256 Å². The Balaban J connectivity index is 2.99. The Hall–Kier alpha value is -2.37. The SMILES string of the molecule is CCCCCC(N)(N)C(=O)CC(c1cc(C(C)(C)C)c(O)c(C(C)(C)C)c1)c1cc(C(C)(C)C)c(O)c(C(C)(C)C)c1. The van der Waals surface area contributed by atoms with Crippen LogP contribution in [0, 0.1) is 0 Å². The van der Waals surface area contributed by atoms with Crippen LogP contribution < -0.4 is 11.5 Å². The van der Waals surface area contributed by atoms with Crippen molar-refractivity contribution in [2.75, 3.05) is 0 Å². The van der Waals surface area contributed by atoms with E-state index < -0.39 is 5.66 Å². The molecule has 5 heteroatoms. The third-order valence-electron chi connectivity index (χ3n) is 8.40. The summed E-state index contributed by atoms with van der Waals surface area (Å²) in [5.41, 5.74) is 15.5. The number of rotatable bonds is 9.